The number of carbonyl (C=O) groups is 2. The Morgan fingerprint density at radius 2 is 1.28 bits per heavy atom. The number of phosphoric acid groups is 1. The van der Waals surface area contributed by atoms with E-state index in [9.17, 15) is 14.2 Å². The minimum atomic E-state index is -4.68. The van der Waals surface area contributed by atoms with Crippen molar-refractivity contribution in [2.75, 3.05) is 33.2 Å². The standard InChI is InChI=1S/C28H56NO9P/c1-3-4-5-6-7-8-11-14-17-20-28(31)38-27(24-37-39(32,33)34)23-36-25-35-22-19-16-13-10-9-12-15-18-21-29-26(2)30/h27H,3-25H2,1-2H3,(H,29,30)(H2,32,33,34)/t27-/m1/s1. The van der Waals surface area contributed by atoms with Crippen LogP contribution in [-0.4, -0.2) is 60.9 Å². The van der Waals surface area contributed by atoms with Crippen molar-refractivity contribution >= 4 is 19.7 Å². The predicted octanol–water partition coefficient (Wildman–Crippen LogP) is 6.18. The fourth-order valence-electron chi connectivity index (χ4n) is 4.07. The Balaban J connectivity index is 3.84. The maximum Gasteiger partial charge on any atom is 0.469 e. The summed E-state index contributed by atoms with van der Waals surface area (Å²) >= 11 is 0. The molecule has 0 saturated carbocycles. The Bertz CT molecular complexity index is 630. The normalized spacial score (nSPS) is 12.4. The summed E-state index contributed by atoms with van der Waals surface area (Å²) in [7, 11) is -4.68. The monoisotopic (exact) mass is 581 g/mol. The van der Waals surface area contributed by atoms with E-state index < -0.39 is 26.5 Å². The van der Waals surface area contributed by atoms with E-state index in [1.165, 1.54) is 64.7 Å². The quantitative estimate of drug-likeness (QED) is 0.0409. The van der Waals surface area contributed by atoms with Crippen LogP contribution in [0.15, 0.2) is 0 Å². The molecule has 0 bridgehead atoms. The Kier molecular flexibility index (Phi) is 26.4. The molecule has 10 nitrogen and oxygen atoms in total. The zero-order valence-corrected chi connectivity index (χ0v) is 25.4. The van der Waals surface area contributed by atoms with Crippen LogP contribution in [-0.2, 0) is 32.9 Å². The van der Waals surface area contributed by atoms with Crippen molar-refractivity contribution in [3.8, 4) is 0 Å². The minimum absolute atomic E-state index is 0.0104. The lowest BCUT2D eigenvalue weighted by molar-refractivity contribution is -0.158. The molecular formula is C28H56NO9P. The van der Waals surface area contributed by atoms with Crippen LogP contribution in [0.4, 0.5) is 0 Å². The summed E-state index contributed by atoms with van der Waals surface area (Å²) in [5.74, 6) is -0.395. The third kappa shape index (κ3) is 31.4. The van der Waals surface area contributed by atoms with Crippen LogP contribution < -0.4 is 5.32 Å². The van der Waals surface area contributed by atoms with Crippen molar-refractivity contribution < 1.29 is 42.7 Å². The smallest absolute Gasteiger partial charge is 0.457 e. The molecule has 1 atom stereocenters. The van der Waals surface area contributed by atoms with Crippen LogP contribution in [0.2, 0.25) is 0 Å². The molecule has 11 heteroatoms. The van der Waals surface area contributed by atoms with E-state index in [1.807, 2.05) is 0 Å². The van der Waals surface area contributed by atoms with Crippen LogP contribution in [0.1, 0.15) is 129 Å². The molecule has 0 saturated heterocycles. The molecular weight excluding hydrogens is 525 g/mol. The molecule has 3 N–H and O–H groups in total. The molecule has 39 heavy (non-hydrogen) atoms. The Morgan fingerprint density at radius 3 is 1.85 bits per heavy atom. The van der Waals surface area contributed by atoms with Crippen molar-refractivity contribution in [2.24, 2.45) is 0 Å². The number of phosphoric ester groups is 1. The van der Waals surface area contributed by atoms with Crippen molar-refractivity contribution in [2.45, 2.75) is 136 Å². The minimum Gasteiger partial charge on any atom is -0.457 e. The SMILES string of the molecule is CCCCCCCCCCCC(=O)O[C@H](COCOCCCCCCCCCCNC(C)=O)COP(=O)(O)O. The number of nitrogens with one attached hydrogen (secondary N) is 1. The first kappa shape index (κ1) is 38.0. The fraction of sp³-hybridized carbons (Fsp3) is 0.929. The lowest BCUT2D eigenvalue weighted by Gasteiger charge is -2.18. The van der Waals surface area contributed by atoms with Gasteiger partial charge in [-0.2, -0.15) is 0 Å². The summed E-state index contributed by atoms with van der Waals surface area (Å²) in [6.45, 7) is 4.56. The number of ether oxygens (including phenoxy) is 3. The van der Waals surface area contributed by atoms with E-state index in [2.05, 4.69) is 16.8 Å². The van der Waals surface area contributed by atoms with E-state index in [-0.39, 0.29) is 25.7 Å². The fourth-order valence-corrected chi connectivity index (χ4v) is 4.43. The lowest BCUT2D eigenvalue weighted by Crippen LogP contribution is -2.28. The van der Waals surface area contributed by atoms with Crippen LogP contribution in [0, 0.1) is 0 Å². The number of rotatable bonds is 29. The molecule has 0 aromatic carbocycles. The van der Waals surface area contributed by atoms with E-state index in [1.54, 1.807) is 0 Å². The van der Waals surface area contributed by atoms with Gasteiger partial charge in [-0.1, -0.05) is 96.8 Å². The molecule has 0 aliphatic carbocycles. The van der Waals surface area contributed by atoms with Crippen LogP contribution in [0.25, 0.3) is 0 Å². The van der Waals surface area contributed by atoms with Gasteiger partial charge in [-0.05, 0) is 19.3 Å². The zero-order valence-electron chi connectivity index (χ0n) is 24.5. The molecule has 0 aliphatic heterocycles. The molecule has 232 valence electrons. The molecule has 0 spiro atoms. The van der Waals surface area contributed by atoms with Gasteiger partial charge in [-0.3, -0.25) is 14.1 Å². The maximum atomic E-state index is 12.2. The largest absolute Gasteiger partial charge is 0.469 e. The first-order valence-corrected chi connectivity index (χ1v) is 16.6. The average Bonchev–Trinajstić information content (AvgIpc) is 2.87. The van der Waals surface area contributed by atoms with E-state index in [0.29, 0.717) is 6.61 Å². The first-order chi connectivity index (χ1) is 18.7. The van der Waals surface area contributed by atoms with Crippen LogP contribution in [0.3, 0.4) is 0 Å². The van der Waals surface area contributed by atoms with Gasteiger partial charge < -0.3 is 29.3 Å². The van der Waals surface area contributed by atoms with Crippen LogP contribution >= 0.6 is 7.82 Å². The Labute approximate surface area is 236 Å². The van der Waals surface area contributed by atoms with Crippen molar-refractivity contribution in [1.29, 1.82) is 0 Å². The number of esters is 1. The highest BCUT2D eigenvalue weighted by Crippen LogP contribution is 2.35. The Morgan fingerprint density at radius 1 is 0.744 bits per heavy atom. The molecule has 0 aromatic heterocycles. The van der Waals surface area contributed by atoms with Gasteiger partial charge in [-0.15, -0.1) is 0 Å². The Hall–Kier alpha value is -1.03. The van der Waals surface area contributed by atoms with E-state index >= 15 is 0 Å². The van der Waals surface area contributed by atoms with Gasteiger partial charge in [0.1, 0.15) is 12.9 Å². The molecule has 0 heterocycles. The highest BCUT2D eigenvalue weighted by atomic mass is 31.2. The zero-order chi connectivity index (χ0) is 29.0. The van der Waals surface area contributed by atoms with Gasteiger partial charge in [-0.25, -0.2) is 4.57 Å². The van der Waals surface area contributed by atoms with E-state index in [0.717, 1.165) is 57.9 Å². The second-order valence-corrected chi connectivity index (χ2v) is 11.4. The summed E-state index contributed by atoms with van der Waals surface area (Å²) in [6.07, 6.45) is 18.5. The lowest BCUT2D eigenvalue weighted by atomic mass is 10.1. The number of hydrogen-bond donors (Lipinski definition) is 3. The van der Waals surface area contributed by atoms with Crippen LogP contribution in [0.5, 0.6) is 0 Å². The third-order valence-electron chi connectivity index (χ3n) is 6.27. The average molecular weight is 582 g/mol. The van der Waals surface area contributed by atoms with Crippen molar-refractivity contribution in [1.82, 2.24) is 5.32 Å². The molecule has 0 fully saturated rings. The number of unbranched alkanes of at least 4 members (excludes halogenated alkanes) is 15. The van der Waals surface area contributed by atoms with Gasteiger partial charge in [0.05, 0.1) is 13.2 Å². The topological polar surface area (TPSA) is 141 Å². The van der Waals surface area contributed by atoms with Gasteiger partial charge in [0.25, 0.3) is 0 Å². The van der Waals surface area contributed by atoms with Gasteiger partial charge in [0.15, 0.2) is 0 Å². The summed E-state index contributed by atoms with van der Waals surface area (Å²) < 4.78 is 31.8. The van der Waals surface area contributed by atoms with E-state index in [4.69, 9.17) is 24.0 Å². The van der Waals surface area contributed by atoms with Gasteiger partial charge in [0.2, 0.25) is 5.91 Å². The molecule has 0 radical (unpaired) electrons. The molecule has 0 unspecified atom stereocenters. The van der Waals surface area contributed by atoms with Crippen molar-refractivity contribution in [3.05, 3.63) is 0 Å². The highest BCUT2D eigenvalue weighted by molar-refractivity contribution is 7.46. The molecule has 0 rings (SSSR count). The molecule has 0 aromatic rings. The van der Waals surface area contributed by atoms with Gasteiger partial charge >= 0.3 is 13.8 Å². The highest BCUT2D eigenvalue weighted by Gasteiger charge is 2.21. The molecule has 0 aliphatic rings. The molecule has 1 amide bonds. The summed E-state index contributed by atoms with van der Waals surface area (Å²) in [6, 6.07) is 0. The van der Waals surface area contributed by atoms with Gasteiger partial charge in [0, 0.05) is 26.5 Å². The summed E-state index contributed by atoms with van der Waals surface area (Å²) in [4.78, 5) is 40.9. The van der Waals surface area contributed by atoms with Crippen molar-refractivity contribution in [3.63, 3.8) is 0 Å². The third-order valence-corrected chi connectivity index (χ3v) is 6.76. The first-order valence-electron chi connectivity index (χ1n) is 15.0. The number of hydrogen-bond acceptors (Lipinski definition) is 7. The summed E-state index contributed by atoms with van der Waals surface area (Å²) in [5.41, 5.74) is 0. The summed E-state index contributed by atoms with van der Waals surface area (Å²) in [5, 5.41) is 2.81. The second-order valence-electron chi connectivity index (χ2n) is 10.2. The number of carbonyl (C=O) groups excluding carboxylic acids is 2. The number of amides is 1. The predicted molar refractivity (Wildman–Crippen MR) is 152 cm³/mol. The second kappa shape index (κ2) is 27.2. The maximum absolute atomic E-state index is 12.2.